The fourth-order valence-corrected chi connectivity index (χ4v) is 1.52. The number of carbonyl (C=O) groups is 1. The summed E-state index contributed by atoms with van der Waals surface area (Å²) in [6.45, 7) is 5.42. The van der Waals surface area contributed by atoms with Gasteiger partial charge in [0.15, 0.2) is 0 Å². The molecule has 1 rings (SSSR count). The lowest BCUT2D eigenvalue weighted by molar-refractivity contribution is 0.0982. The van der Waals surface area contributed by atoms with Gasteiger partial charge in [0.05, 0.1) is 12.1 Å². The third kappa shape index (κ3) is 3.16. The SMILES string of the molecule is CO[C@H]1CNC[C@H]1NC(=O)NC(C)C. The molecule has 5 nitrogen and oxygen atoms in total. The molecule has 0 spiro atoms. The van der Waals surface area contributed by atoms with Gasteiger partial charge in [-0.15, -0.1) is 0 Å². The maximum absolute atomic E-state index is 11.4. The average Bonchev–Trinajstić information content (AvgIpc) is 2.50. The van der Waals surface area contributed by atoms with Crippen LogP contribution in [0.4, 0.5) is 4.79 Å². The van der Waals surface area contributed by atoms with E-state index in [4.69, 9.17) is 4.74 Å². The molecule has 1 aliphatic rings. The molecule has 1 saturated heterocycles. The highest BCUT2D eigenvalue weighted by molar-refractivity contribution is 5.74. The Kier molecular flexibility index (Phi) is 4.16. The number of nitrogens with one attached hydrogen (secondary N) is 3. The Labute approximate surface area is 84.6 Å². The van der Waals surface area contributed by atoms with Gasteiger partial charge in [0.1, 0.15) is 0 Å². The number of methoxy groups -OCH3 is 1. The van der Waals surface area contributed by atoms with Gasteiger partial charge in [-0.05, 0) is 13.8 Å². The van der Waals surface area contributed by atoms with Crippen LogP contribution in [-0.2, 0) is 4.74 Å². The smallest absolute Gasteiger partial charge is 0.315 e. The summed E-state index contributed by atoms with van der Waals surface area (Å²) in [5.41, 5.74) is 0. The van der Waals surface area contributed by atoms with Gasteiger partial charge in [0.2, 0.25) is 0 Å². The number of hydrogen-bond acceptors (Lipinski definition) is 3. The zero-order chi connectivity index (χ0) is 10.6. The van der Waals surface area contributed by atoms with Crippen molar-refractivity contribution in [1.29, 1.82) is 0 Å². The topological polar surface area (TPSA) is 62.4 Å². The molecule has 14 heavy (non-hydrogen) atoms. The van der Waals surface area contributed by atoms with Crippen LogP contribution in [0.3, 0.4) is 0 Å². The molecule has 5 heteroatoms. The Hall–Kier alpha value is -0.810. The predicted octanol–water partition coefficient (Wildman–Crippen LogP) is -0.319. The van der Waals surface area contributed by atoms with Gasteiger partial charge in [-0.2, -0.15) is 0 Å². The summed E-state index contributed by atoms with van der Waals surface area (Å²) in [5, 5.41) is 8.82. The molecule has 0 unspecified atom stereocenters. The zero-order valence-corrected chi connectivity index (χ0v) is 8.96. The van der Waals surface area contributed by atoms with E-state index in [0.717, 1.165) is 13.1 Å². The first-order valence-electron chi connectivity index (χ1n) is 4.94. The monoisotopic (exact) mass is 201 g/mol. The Bertz CT molecular complexity index is 196. The van der Waals surface area contributed by atoms with E-state index in [1.165, 1.54) is 0 Å². The molecule has 0 bridgehead atoms. The molecule has 2 atom stereocenters. The Morgan fingerprint density at radius 2 is 2.21 bits per heavy atom. The highest BCUT2D eigenvalue weighted by atomic mass is 16.5. The third-order valence-electron chi connectivity index (χ3n) is 2.20. The van der Waals surface area contributed by atoms with Crippen molar-refractivity contribution in [1.82, 2.24) is 16.0 Å². The Balaban J connectivity index is 2.32. The van der Waals surface area contributed by atoms with E-state index < -0.39 is 0 Å². The van der Waals surface area contributed by atoms with Crippen molar-refractivity contribution in [3.63, 3.8) is 0 Å². The second kappa shape index (κ2) is 5.17. The van der Waals surface area contributed by atoms with E-state index in [2.05, 4.69) is 16.0 Å². The fourth-order valence-electron chi connectivity index (χ4n) is 1.52. The van der Waals surface area contributed by atoms with Crippen LogP contribution < -0.4 is 16.0 Å². The van der Waals surface area contributed by atoms with Crippen molar-refractivity contribution >= 4 is 6.03 Å². The van der Waals surface area contributed by atoms with Crippen molar-refractivity contribution < 1.29 is 9.53 Å². The van der Waals surface area contributed by atoms with Crippen LogP contribution in [0.2, 0.25) is 0 Å². The Morgan fingerprint density at radius 1 is 1.50 bits per heavy atom. The standard InChI is InChI=1S/C9H19N3O2/c1-6(2)11-9(13)12-7-4-10-5-8(7)14-3/h6-8,10H,4-5H2,1-3H3,(H2,11,12,13)/t7-,8+/m1/s1. The molecule has 0 aromatic heterocycles. The zero-order valence-electron chi connectivity index (χ0n) is 8.96. The van der Waals surface area contributed by atoms with Crippen molar-refractivity contribution in [2.24, 2.45) is 0 Å². The fraction of sp³-hybridized carbons (Fsp3) is 0.889. The normalized spacial score (nSPS) is 26.6. The lowest BCUT2D eigenvalue weighted by Crippen LogP contribution is -2.49. The average molecular weight is 201 g/mol. The summed E-state index contributed by atoms with van der Waals surface area (Å²) in [5.74, 6) is 0. The minimum absolute atomic E-state index is 0.0683. The van der Waals surface area contributed by atoms with Crippen LogP contribution in [0.1, 0.15) is 13.8 Å². The summed E-state index contributed by atoms with van der Waals surface area (Å²) >= 11 is 0. The summed E-state index contributed by atoms with van der Waals surface area (Å²) < 4.78 is 5.22. The first kappa shape index (κ1) is 11.3. The molecule has 1 aliphatic heterocycles. The first-order valence-corrected chi connectivity index (χ1v) is 4.94. The number of urea groups is 1. The molecule has 0 saturated carbocycles. The maximum atomic E-state index is 11.4. The van der Waals surface area contributed by atoms with E-state index in [0.29, 0.717) is 0 Å². The van der Waals surface area contributed by atoms with Crippen LogP contribution in [0, 0.1) is 0 Å². The van der Waals surface area contributed by atoms with Crippen molar-refractivity contribution in [2.45, 2.75) is 32.0 Å². The van der Waals surface area contributed by atoms with E-state index >= 15 is 0 Å². The molecule has 1 fully saturated rings. The van der Waals surface area contributed by atoms with E-state index in [9.17, 15) is 4.79 Å². The molecule has 82 valence electrons. The largest absolute Gasteiger partial charge is 0.378 e. The summed E-state index contributed by atoms with van der Waals surface area (Å²) in [4.78, 5) is 11.4. The highest BCUT2D eigenvalue weighted by Gasteiger charge is 2.27. The summed E-state index contributed by atoms with van der Waals surface area (Å²) in [7, 11) is 1.66. The predicted molar refractivity (Wildman–Crippen MR) is 54.3 cm³/mol. The van der Waals surface area contributed by atoms with Gasteiger partial charge in [0.25, 0.3) is 0 Å². The molecule has 0 aromatic carbocycles. The second-order valence-electron chi connectivity index (χ2n) is 3.81. The van der Waals surface area contributed by atoms with Crippen LogP contribution in [-0.4, -0.2) is 44.4 Å². The van der Waals surface area contributed by atoms with E-state index in [1.807, 2.05) is 13.8 Å². The van der Waals surface area contributed by atoms with Gasteiger partial charge < -0.3 is 20.7 Å². The minimum atomic E-state index is -0.129. The van der Waals surface area contributed by atoms with Crippen LogP contribution >= 0.6 is 0 Å². The number of hydrogen-bond donors (Lipinski definition) is 3. The molecule has 0 radical (unpaired) electrons. The lowest BCUT2D eigenvalue weighted by Gasteiger charge is -2.19. The molecule has 0 aliphatic carbocycles. The van der Waals surface area contributed by atoms with Gasteiger partial charge in [-0.3, -0.25) is 0 Å². The minimum Gasteiger partial charge on any atom is -0.378 e. The first-order chi connectivity index (χ1) is 6.63. The number of rotatable bonds is 3. The summed E-state index contributed by atoms with van der Waals surface area (Å²) in [6, 6.07) is 0.0971. The van der Waals surface area contributed by atoms with E-state index in [-0.39, 0.29) is 24.2 Å². The molecule has 1 heterocycles. The number of ether oxygens (including phenoxy) is 1. The van der Waals surface area contributed by atoms with Crippen molar-refractivity contribution in [3.05, 3.63) is 0 Å². The van der Waals surface area contributed by atoms with Crippen LogP contribution in [0.15, 0.2) is 0 Å². The molecule has 0 aromatic rings. The van der Waals surface area contributed by atoms with Crippen LogP contribution in [0.5, 0.6) is 0 Å². The van der Waals surface area contributed by atoms with Crippen LogP contribution in [0.25, 0.3) is 0 Å². The quantitative estimate of drug-likeness (QED) is 0.586. The van der Waals surface area contributed by atoms with Gasteiger partial charge in [-0.1, -0.05) is 0 Å². The number of carbonyl (C=O) groups excluding carboxylic acids is 1. The van der Waals surface area contributed by atoms with Crippen molar-refractivity contribution in [2.75, 3.05) is 20.2 Å². The highest BCUT2D eigenvalue weighted by Crippen LogP contribution is 2.03. The third-order valence-corrected chi connectivity index (χ3v) is 2.20. The molecule has 3 N–H and O–H groups in total. The molecular formula is C9H19N3O2. The number of amides is 2. The lowest BCUT2D eigenvalue weighted by atomic mass is 10.2. The van der Waals surface area contributed by atoms with E-state index in [1.54, 1.807) is 7.11 Å². The van der Waals surface area contributed by atoms with Gasteiger partial charge >= 0.3 is 6.03 Å². The summed E-state index contributed by atoms with van der Waals surface area (Å²) in [6.07, 6.45) is 0.0768. The molecular weight excluding hydrogens is 182 g/mol. The second-order valence-corrected chi connectivity index (χ2v) is 3.81. The van der Waals surface area contributed by atoms with Crippen molar-refractivity contribution in [3.8, 4) is 0 Å². The molecule has 2 amide bonds. The Morgan fingerprint density at radius 3 is 2.79 bits per heavy atom. The van der Waals surface area contributed by atoms with Gasteiger partial charge in [-0.25, -0.2) is 4.79 Å². The maximum Gasteiger partial charge on any atom is 0.315 e. The van der Waals surface area contributed by atoms with Gasteiger partial charge in [0, 0.05) is 26.2 Å².